The van der Waals surface area contributed by atoms with E-state index in [4.69, 9.17) is 0 Å². The number of aromatic nitrogens is 2. The van der Waals surface area contributed by atoms with E-state index in [1.165, 1.54) is 24.3 Å². The van der Waals surface area contributed by atoms with E-state index in [1.54, 1.807) is 0 Å². The molecular weight excluding hydrogens is 285 g/mol. The summed E-state index contributed by atoms with van der Waals surface area (Å²) >= 11 is 0. The van der Waals surface area contributed by atoms with Crippen LogP contribution in [0.2, 0.25) is 0 Å². The van der Waals surface area contributed by atoms with Crippen molar-refractivity contribution in [2.75, 3.05) is 0 Å². The molecule has 5 nitrogen and oxygen atoms in total. The number of hydrogen-bond acceptors (Lipinski definition) is 2. The topological polar surface area (TPSA) is 66.9 Å². The Kier molecular flexibility index (Phi) is 3.50. The van der Waals surface area contributed by atoms with Gasteiger partial charge in [-0.25, -0.2) is 4.39 Å². The fraction of sp³-hybridized carbons (Fsp3) is 0.125. The van der Waals surface area contributed by atoms with Crippen LogP contribution >= 0.6 is 0 Å². The lowest BCUT2D eigenvalue weighted by atomic mass is 10.1. The molecule has 0 radical (unpaired) electrons. The number of nitrogens with zero attached hydrogens (tertiary/aromatic N) is 1. The normalized spacial score (nSPS) is 10.8. The molecule has 22 heavy (non-hydrogen) atoms. The van der Waals surface area contributed by atoms with Gasteiger partial charge in [0.2, 0.25) is 0 Å². The van der Waals surface area contributed by atoms with Crippen LogP contribution in [0, 0.1) is 5.82 Å². The molecule has 2 heterocycles. The fourth-order valence-electron chi connectivity index (χ4n) is 2.29. The van der Waals surface area contributed by atoms with Gasteiger partial charge in [0.15, 0.2) is 0 Å². The van der Waals surface area contributed by atoms with Crippen molar-refractivity contribution < 1.29 is 9.18 Å². The van der Waals surface area contributed by atoms with Crippen molar-refractivity contribution in [3.05, 3.63) is 70.0 Å². The molecule has 3 rings (SSSR count). The van der Waals surface area contributed by atoms with Crippen molar-refractivity contribution in [2.45, 2.75) is 6.54 Å². The molecule has 0 bridgehead atoms. The molecule has 0 aliphatic rings. The zero-order chi connectivity index (χ0) is 15.7. The molecule has 0 saturated heterocycles. The molecular formula is C16H14FN3O2. The molecule has 6 heteroatoms. The molecule has 2 N–H and O–H groups in total. The third-order valence-electron chi connectivity index (χ3n) is 3.53. The summed E-state index contributed by atoms with van der Waals surface area (Å²) in [5.74, 6) is -0.914. The van der Waals surface area contributed by atoms with Gasteiger partial charge in [0, 0.05) is 29.8 Å². The summed E-state index contributed by atoms with van der Waals surface area (Å²) in [7, 11) is 1.87. The van der Waals surface area contributed by atoms with E-state index in [2.05, 4.69) is 10.3 Å². The first-order valence-corrected chi connectivity index (χ1v) is 6.75. The van der Waals surface area contributed by atoms with Crippen LogP contribution in [0.3, 0.4) is 0 Å². The van der Waals surface area contributed by atoms with Crippen molar-refractivity contribution in [3.8, 4) is 0 Å². The van der Waals surface area contributed by atoms with E-state index in [1.807, 2.05) is 29.9 Å². The van der Waals surface area contributed by atoms with E-state index in [0.717, 1.165) is 5.69 Å². The van der Waals surface area contributed by atoms with E-state index in [-0.39, 0.29) is 5.56 Å². The maximum Gasteiger partial charge on any atom is 0.261 e. The van der Waals surface area contributed by atoms with E-state index >= 15 is 0 Å². The molecule has 0 unspecified atom stereocenters. The number of hydrogen-bond donors (Lipinski definition) is 2. The monoisotopic (exact) mass is 299 g/mol. The highest BCUT2D eigenvalue weighted by Crippen LogP contribution is 2.13. The Morgan fingerprint density at radius 3 is 2.86 bits per heavy atom. The Morgan fingerprint density at radius 2 is 2.14 bits per heavy atom. The summed E-state index contributed by atoms with van der Waals surface area (Å²) in [5, 5.41) is 3.16. The standard InChI is InChI=1S/C16H14FN3O2/c1-20-6-2-3-12(20)9-18-15(21)13-8-10-7-11(17)4-5-14(10)19-16(13)22/h2-8H,9H2,1H3,(H,18,21)(H,19,22). The summed E-state index contributed by atoms with van der Waals surface area (Å²) in [4.78, 5) is 26.7. The Balaban J connectivity index is 1.88. The second-order valence-corrected chi connectivity index (χ2v) is 5.04. The van der Waals surface area contributed by atoms with Gasteiger partial charge in [-0.05, 0) is 36.4 Å². The Labute approximate surface area is 125 Å². The molecule has 0 aliphatic heterocycles. The fourth-order valence-corrected chi connectivity index (χ4v) is 2.29. The summed E-state index contributed by atoms with van der Waals surface area (Å²) in [6.45, 7) is 0.308. The van der Waals surface area contributed by atoms with Gasteiger partial charge in [-0.2, -0.15) is 0 Å². The summed E-state index contributed by atoms with van der Waals surface area (Å²) < 4.78 is 15.1. The highest BCUT2D eigenvalue weighted by atomic mass is 19.1. The lowest BCUT2D eigenvalue weighted by molar-refractivity contribution is 0.0949. The van der Waals surface area contributed by atoms with Crippen molar-refractivity contribution >= 4 is 16.8 Å². The highest BCUT2D eigenvalue weighted by molar-refractivity contribution is 5.97. The smallest absolute Gasteiger partial charge is 0.261 e. The predicted octanol–water partition coefficient (Wildman–Crippen LogP) is 1.94. The number of aryl methyl sites for hydroxylation is 1. The Hall–Kier alpha value is -2.89. The first-order valence-electron chi connectivity index (χ1n) is 6.75. The number of fused-ring (bicyclic) bond motifs is 1. The van der Waals surface area contributed by atoms with Crippen LogP contribution < -0.4 is 10.9 Å². The molecule has 0 saturated carbocycles. The number of pyridine rings is 1. The van der Waals surface area contributed by atoms with E-state index in [0.29, 0.717) is 17.4 Å². The minimum atomic E-state index is -0.497. The van der Waals surface area contributed by atoms with Crippen LogP contribution in [0.1, 0.15) is 16.1 Å². The molecule has 1 aromatic carbocycles. The van der Waals surface area contributed by atoms with Gasteiger partial charge in [-0.1, -0.05) is 0 Å². The number of halogens is 1. The number of amides is 1. The van der Waals surface area contributed by atoms with Crippen LogP contribution in [0.4, 0.5) is 4.39 Å². The predicted molar refractivity (Wildman–Crippen MR) is 81.1 cm³/mol. The van der Waals surface area contributed by atoms with Crippen LogP contribution in [0.5, 0.6) is 0 Å². The summed E-state index contributed by atoms with van der Waals surface area (Å²) in [6.07, 6.45) is 1.87. The highest BCUT2D eigenvalue weighted by Gasteiger charge is 2.12. The van der Waals surface area contributed by atoms with Gasteiger partial charge in [0.1, 0.15) is 11.4 Å². The van der Waals surface area contributed by atoms with Crippen LogP contribution in [-0.4, -0.2) is 15.5 Å². The molecule has 0 atom stereocenters. The van der Waals surface area contributed by atoms with Crippen LogP contribution in [-0.2, 0) is 13.6 Å². The zero-order valence-electron chi connectivity index (χ0n) is 11.9. The number of carbonyl (C=O) groups is 1. The first kappa shape index (κ1) is 14.1. The van der Waals surface area contributed by atoms with Gasteiger partial charge >= 0.3 is 0 Å². The minimum absolute atomic E-state index is 0.0349. The quantitative estimate of drug-likeness (QED) is 0.776. The summed E-state index contributed by atoms with van der Waals surface area (Å²) in [6, 6.07) is 9.15. The van der Waals surface area contributed by atoms with Crippen LogP contribution in [0.25, 0.3) is 10.9 Å². The number of H-pyrrole nitrogens is 1. The first-order chi connectivity index (χ1) is 10.5. The number of benzene rings is 1. The molecule has 0 aliphatic carbocycles. The van der Waals surface area contributed by atoms with E-state index < -0.39 is 17.3 Å². The number of carbonyl (C=O) groups excluding carboxylic acids is 1. The van der Waals surface area contributed by atoms with Crippen molar-refractivity contribution in [2.24, 2.45) is 7.05 Å². The number of rotatable bonds is 3. The number of nitrogens with one attached hydrogen (secondary N) is 2. The van der Waals surface area contributed by atoms with Gasteiger partial charge < -0.3 is 14.9 Å². The molecule has 0 spiro atoms. The average Bonchev–Trinajstić information content (AvgIpc) is 2.90. The molecule has 3 aromatic rings. The largest absolute Gasteiger partial charge is 0.353 e. The molecule has 2 aromatic heterocycles. The van der Waals surface area contributed by atoms with Crippen molar-refractivity contribution in [3.63, 3.8) is 0 Å². The van der Waals surface area contributed by atoms with Crippen LogP contribution in [0.15, 0.2) is 47.4 Å². The maximum absolute atomic E-state index is 13.3. The molecule has 0 fully saturated rings. The van der Waals surface area contributed by atoms with Crippen molar-refractivity contribution in [1.29, 1.82) is 0 Å². The third kappa shape index (κ3) is 2.63. The lowest BCUT2D eigenvalue weighted by Gasteiger charge is -2.07. The summed E-state index contributed by atoms with van der Waals surface area (Å²) in [5.41, 5.74) is 0.873. The zero-order valence-corrected chi connectivity index (χ0v) is 11.9. The Bertz CT molecular complexity index is 911. The SMILES string of the molecule is Cn1cccc1CNC(=O)c1cc2cc(F)ccc2[nH]c1=O. The lowest BCUT2D eigenvalue weighted by Crippen LogP contribution is -2.29. The number of aromatic amines is 1. The second kappa shape index (κ2) is 5.48. The van der Waals surface area contributed by atoms with Gasteiger partial charge in [-0.3, -0.25) is 9.59 Å². The maximum atomic E-state index is 13.3. The average molecular weight is 299 g/mol. The van der Waals surface area contributed by atoms with E-state index in [9.17, 15) is 14.0 Å². The Morgan fingerprint density at radius 1 is 1.32 bits per heavy atom. The molecule has 112 valence electrons. The van der Waals surface area contributed by atoms with Crippen molar-refractivity contribution in [1.82, 2.24) is 14.9 Å². The molecule has 1 amide bonds. The second-order valence-electron chi connectivity index (χ2n) is 5.04. The third-order valence-corrected chi connectivity index (χ3v) is 3.53. The van der Waals surface area contributed by atoms with Gasteiger partial charge in [0.25, 0.3) is 11.5 Å². The van der Waals surface area contributed by atoms with Gasteiger partial charge in [0.05, 0.1) is 6.54 Å². The minimum Gasteiger partial charge on any atom is -0.353 e. The van der Waals surface area contributed by atoms with Gasteiger partial charge in [-0.15, -0.1) is 0 Å².